The second kappa shape index (κ2) is 6.25. The Bertz CT molecular complexity index is 485. The van der Waals surface area contributed by atoms with E-state index in [2.05, 4.69) is 5.32 Å². The molecule has 0 radical (unpaired) electrons. The first kappa shape index (κ1) is 16.1. The molecule has 118 valence electrons. The van der Waals surface area contributed by atoms with E-state index in [-0.39, 0.29) is 11.9 Å². The fourth-order valence-corrected chi connectivity index (χ4v) is 3.83. The van der Waals surface area contributed by atoms with Gasteiger partial charge in [-0.3, -0.25) is 24.0 Å². The lowest BCUT2D eigenvalue weighted by Gasteiger charge is -2.43. The van der Waals surface area contributed by atoms with Crippen LogP contribution in [-0.2, 0) is 20.4 Å². The predicted molar refractivity (Wildman–Crippen MR) is 78.9 cm³/mol. The molecule has 21 heavy (non-hydrogen) atoms. The molecule has 1 saturated carbocycles. The number of barbiturate groups is 1. The second-order valence-corrected chi connectivity index (χ2v) is 7.55. The van der Waals surface area contributed by atoms with Crippen molar-refractivity contribution in [1.29, 1.82) is 0 Å². The van der Waals surface area contributed by atoms with E-state index in [9.17, 15) is 18.6 Å². The summed E-state index contributed by atoms with van der Waals surface area (Å²) in [6.45, 7) is 1.76. The highest BCUT2D eigenvalue weighted by Gasteiger charge is 2.54. The number of carbonyl (C=O) groups is 3. The number of rotatable bonds is 4. The van der Waals surface area contributed by atoms with Crippen molar-refractivity contribution in [3.8, 4) is 0 Å². The Kier molecular flexibility index (Phi) is 4.81. The zero-order valence-electron chi connectivity index (χ0n) is 12.5. The molecule has 2 unspecified atom stereocenters. The highest BCUT2D eigenvalue weighted by Crippen LogP contribution is 2.40. The summed E-state index contributed by atoms with van der Waals surface area (Å²) in [5, 5.41) is 2.34. The van der Waals surface area contributed by atoms with Gasteiger partial charge in [-0.2, -0.15) is 0 Å². The van der Waals surface area contributed by atoms with Crippen LogP contribution in [0.25, 0.3) is 0 Å². The molecule has 1 saturated heterocycles. The Morgan fingerprint density at radius 1 is 1.24 bits per heavy atom. The summed E-state index contributed by atoms with van der Waals surface area (Å²) in [5.41, 5.74) is -1.06. The Morgan fingerprint density at radius 2 is 1.86 bits per heavy atom. The lowest BCUT2D eigenvalue weighted by atomic mass is 9.71. The van der Waals surface area contributed by atoms with Crippen LogP contribution < -0.4 is 5.32 Å². The van der Waals surface area contributed by atoms with Crippen LogP contribution in [0, 0.1) is 5.41 Å². The topological polar surface area (TPSA) is 83.6 Å². The van der Waals surface area contributed by atoms with Crippen LogP contribution in [0.2, 0.25) is 0 Å². The van der Waals surface area contributed by atoms with E-state index in [1.807, 2.05) is 0 Å². The van der Waals surface area contributed by atoms with Crippen molar-refractivity contribution in [1.82, 2.24) is 10.2 Å². The molecule has 1 spiro atoms. The van der Waals surface area contributed by atoms with Crippen LogP contribution >= 0.6 is 0 Å². The van der Waals surface area contributed by atoms with Gasteiger partial charge in [0.1, 0.15) is 5.41 Å². The number of amides is 4. The van der Waals surface area contributed by atoms with Gasteiger partial charge in [0.25, 0.3) is 0 Å². The molecule has 2 aliphatic rings. The van der Waals surface area contributed by atoms with Crippen molar-refractivity contribution in [3.05, 3.63) is 0 Å². The third kappa shape index (κ3) is 3.02. The van der Waals surface area contributed by atoms with E-state index in [4.69, 9.17) is 0 Å². The molecule has 7 heteroatoms. The summed E-state index contributed by atoms with van der Waals surface area (Å²) >= 11 is 0. The summed E-state index contributed by atoms with van der Waals surface area (Å²) in [7, 11) is -0.970. The summed E-state index contributed by atoms with van der Waals surface area (Å²) in [5.74, 6) is -0.385. The summed E-state index contributed by atoms with van der Waals surface area (Å²) in [4.78, 5) is 38.2. The Morgan fingerprint density at radius 3 is 2.43 bits per heavy atom. The maximum absolute atomic E-state index is 12.8. The number of hydrogen-bond donors (Lipinski definition) is 1. The molecule has 6 nitrogen and oxygen atoms in total. The molecule has 0 bridgehead atoms. The maximum atomic E-state index is 12.8. The van der Waals surface area contributed by atoms with Gasteiger partial charge in [0.05, 0.1) is 0 Å². The number of urea groups is 1. The van der Waals surface area contributed by atoms with E-state index < -0.39 is 28.2 Å². The SMILES string of the molecule is CC(CCS(C)=O)N1C(=O)NC(=O)C2(CCCCC2)C1=O. The fourth-order valence-electron chi connectivity index (χ4n) is 3.16. The Hall–Kier alpha value is -1.24. The van der Waals surface area contributed by atoms with Gasteiger partial charge in [-0.25, -0.2) is 4.79 Å². The smallest absolute Gasteiger partial charge is 0.277 e. The van der Waals surface area contributed by atoms with Gasteiger partial charge in [-0.05, 0) is 26.2 Å². The van der Waals surface area contributed by atoms with Crippen LogP contribution in [0.1, 0.15) is 45.4 Å². The molecule has 0 aromatic heterocycles. The third-order valence-corrected chi connectivity index (χ3v) is 5.28. The standard InChI is InChI=1S/C14H22N2O4S/c1-10(6-9-21(2)20)16-12(18)14(7-4-3-5-8-14)11(17)15-13(16)19/h10H,3-9H2,1-2H3,(H,15,17,19). The van der Waals surface area contributed by atoms with Gasteiger partial charge >= 0.3 is 6.03 Å². The first-order chi connectivity index (χ1) is 9.88. The highest BCUT2D eigenvalue weighted by molar-refractivity contribution is 7.84. The average Bonchev–Trinajstić information content (AvgIpc) is 2.44. The second-order valence-electron chi connectivity index (χ2n) is 5.99. The molecular weight excluding hydrogens is 292 g/mol. The molecule has 1 aliphatic heterocycles. The van der Waals surface area contributed by atoms with Gasteiger partial charge in [0.15, 0.2) is 0 Å². The van der Waals surface area contributed by atoms with E-state index in [1.165, 1.54) is 4.90 Å². The Labute approximate surface area is 127 Å². The zero-order valence-corrected chi connectivity index (χ0v) is 13.3. The van der Waals surface area contributed by atoms with Crippen LogP contribution in [0.15, 0.2) is 0 Å². The summed E-state index contributed by atoms with van der Waals surface area (Å²) in [6.07, 6.45) is 5.76. The minimum atomic E-state index is -1.06. The molecule has 1 N–H and O–H groups in total. The van der Waals surface area contributed by atoms with Crippen molar-refractivity contribution >= 4 is 28.6 Å². The predicted octanol–water partition coefficient (Wildman–Crippen LogP) is 1.17. The van der Waals surface area contributed by atoms with Gasteiger partial charge < -0.3 is 0 Å². The van der Waals surface area contributed by atoms with Crippen molar-refractivity contribution in [2.75, 3.05) is 12.0 Å². The van der Waals surface area contributed by atoms with Crippen LogP contribution in [0.5, 0.6) is 0 Å². The monoisotopic (exact) mass is 314 g/mol. The fraction of sp³-hybridized carbons (Fsp3) is 0.786. The van der Waals surface area contributed by atoms with Gasteiger partial charge in [-0.1, -0.05) is 19.3 Å². The lowest BCUT2D eigenvalue weighted by molar-refractivity contribution is -0.155. The number of hydrogen-bond acceptors (Lipinski definition) is 4. The number of carbonyl (C=O) groups excluding carboxylic acids is 3. The maximum Gasteiger partial charge on any atom is 0.331 e. The number of nitrogens with zero attached hydrogens (tertiary/aromatic N) is 1. The largest absolute Gasteiger partial charge is 0.331 e. The zero-order chi connectivity index (χ0) is 15.6. The van der Waals surface area contributed by atoms with E-state index in [1.54, 1.807) is 13.2 Å². The van der Waals surface area contributed by atoms with Gasteiger partial charge in [0.2, 0.25) is 11.8 Å². The van der Waals surface area contributed by atoms with E-state index in [0.29, 0.717) is 25.0 Å². The molecule has 2 rings (SSSR count). The molecule has 0 aromatic rings. The quantitative estimate of drug-likeness (QED) is 0.790. The minimum absolute atomic E-state index is 0.353. The molecule has 0 aromatic carbocycles. The van der Waals surface area contributed by atoms with Crippen LogP contribution in [0.4, 0.5) is 4.79 Å². The average molecular weight is 314 g/mol. The van der Waals surface area contributed by atoms with E-state index >= 15 is 0 Å². The van der Waals surface area contributed by atoms with Crippen molar-refractivity contribution < 1.29 is 18.6 Å². The first-order valence-corrected chi connectivity index (χ1v) is 9.10. The van der Waals surface area contributed by atoms with E-state index in [0.717, 1.165) is 19.3 Å². The normalized spacial score (nSPS) is 24.9. The number of nitrogens with one attached hydrogen (secondary N) is 1. The minimum Gasteiger partial charge on any atom is -0.277 e. The van der Waals surface area contributed by atoms with Crippen LogP contribution in [-0.4, -0.2) is 45.0 Å². The molecular formula is C14H22N2O4S. The van der Waals surface area contributed by atoms with Crippen molar-refractivity contribution in [2.45, 2.75) is 51.5 Å². The summed E-state index contributed by atoms with van der Waals surface area (Å²) in [6, 6.07) is -0.996. The molecule has 1 aliphatic carbocycles. The van der Waals surface area contributed by atoms with Gasteiger partial charge in [0, 0.05) is 28.9 Å². The Balaban J connectivity index is 2.20. The molecule has 2 atom stereocenters. The summed E-state index contributed by atoms with van der Waals surface area (Å²) < 4.78 is 11.2. The van der Waals surface area contributed by atoms with Gasteiger partial charge in [-0.15, -0.1) is 0 Å². The molecule has 1 heterocycles. The van der Waals surface area contributed by atoms with Crippen molar-refractivity contribution in [2.24, 2.45) is 5.41 Å². The molecule has 4 amide bonds. The third-order valence-electron chi connectivity index (χ3n) is 4.47. The van der Waals surface area contributed by atoms with Crippen molar-refractivity contribution in [3.63, 3.8) is 0 Å². The first-order valence-electron chi connectivity index (χ1n) is 7.37. The number of imide groups is 2. The van der Waals surface area contributed by atoms with Crippen LogP contribution in [0.3, 0.4) is 0 Å². The highest BCUT2D eigenvalue weighted by atomic mass is 32.2. The lowest BCUT2D eigenvalue weighted by Crippen LogP contribution is -2.66. The molecule has 2 fully saturated rings.